The van der Waals surface area contributed by atoms with Crippen LogP contribution in [0, 0.1) is 17.3 Å². The van der Waals surface area contributed by atoms with Crippen LogP contribution in [-0.4, -0.2) is 32.0 Å². The summed E-state index contributed by atoms with van der Waals surface area (Å²) in [6.45, 7) is 27.3. The molecular weight excluding hydrogens is 866 g/mol. The molecule has 1 aliphatic carbocycles. The van der Waals surface area contributed by atoms with Gasteiger partial charge >= 0.3 is 0 Å². The SMILES string of the molecule is CC1=C(CC(C)[C@@H]2[B]C(C(C)C/C=C(\C)c3ccccc3)=CC2)C(C)(C)/C(=C/C2=C(C)C(C)(C)c3cc(/C(C)=C/C=C(\C)C4=CC=C(c5ccccc5)[B]4)ccc3N2c2ccccc2)CN1[C@H]1C=CC=CC1. The Kier molecular flexibility index (Phi) is 15.1. The van der Waals surface area contributed by atoms with Crippen molar-refractivity contribution in [1.82, 2.24) is 4.90 Å². The van der Waals surface area contributed by atoms with E-state index in [1.807, 2.05) is 0 Å². The summed E-state index contributed by atoms with van der Waals surface area (Å²) in [6.07, 6.45) is 30.2. The molecule has 0 spiro atoms. The first-order valence-electron chi connectivity index (χ1n) is 26.8. The fraction of sp³-hybridized carbons (Fsp3) is 0.324. The molecule has 72 heavy (non-hydrogen) atoms. The average Bonchev–Trinajstić information content (AvgIpc) is 4.12. The van der Waals surface area contributed by atoms with Gasteiger partial charge in [-0.2, -0.15) is 0 Å². The largest absolute Gasteiger partial charge is 0.364 e. The highest BCUT2D eigenvalue weighted by Crippen LogP contribution is 2.53. The summed E-state index contributed by atoms with van der Waals surface area (Å²) in [5, 5.41) is 0. The van der Waals surface area contributed by atoms with Gasteiger partial charge in [0.1, 0.15) is 7.28 Å². The summed E-state index contributed by atoms with van der Waals surface area (Å²) < 4.78 is 0. The van der Waals surface area contributed by atoms with E-state index in [4.69, 9.17) is 0 Å². The molecule has 4 aliphatic heterocycles. The quantitative estimate of drug-likeness (QED) is 0.0918. The van der Waals surface area contributed by atoms with E-state index in [0.717, 1.165) is 32.2 Å². The fourth-order valence-corrected chi connectivity index (χ4v) is 11.7. The van der Waals surface area contributed by atoms with Crippen LogP contribution in [0.3, 0.4) is 0 Å². The lowest BCUT2D eigenvalue weighted by atomic mass is 9.54. The Hall–Kier alpha value is -6.25. The lowest BCUT2D eigenvalue weighted by Crippen LogP contribution is -2.44. The number of allylic oxidation sites excluding steroid dienone is 17. The summed E-state index contributed by atoms with van der Waals surface area (Å²) in [5.41, 5.74) is 22.4. The molecule has 4 heteroatoms. The Labute approximate surface area is 436 Å². The number of rotatable bonds is 14. The molecule has 4 aromatic carbocycles. The van der Waals surface area contributed by atoms with Crippen LogP contribution in [0.25, 0.3) is 16.6 Å². The molecule has 2 nitrogen and oxygen atoms in total. The second kappa shape index (κ2) is 21.5. The molecular formula is C68H76B2N2. The van der Waals surface area contributed by atoms with E-state index >= 15 is 0 Å². The number of benzene rings is 4. The number of para-hydroxylation sites is 1. The molecule has 4 heterocycles. The van der Waals surface area contributed by atoms with Crippen molar-refractivity contribution in [2.75, 3.05) is 11.4 Å². The molecule has 0 aromatic heterocycles. The first-order valence-corrected chi connectivity index (χ1v) is 26.8. The monoisotopic (exact) mass is 943 g/mol. The molecule has 0 N–H and O–H groups in total. The van der Waals surface area contributed by atoms with Crippen molar-refractivity contribution in [3.05, 3.63) is 243 Å². The Balaban J connectivity index is 1.01. The molecule has 2 unspecified atom stereocenters. The minimum atomic E-state index is -0.215. The number of anilines is 2. The predicted molar refractivity (Wildman–Crippen MR) is 314 cm³/mol. The highest BCUT2D eigenvalue weighted by Gasteiger charge is 2.42. The third-order valence-electron chi connectivity index (χ3n) is 17.1. The van der Waals surface area contributed by atoms with Gasteiger partial charge in [0, 0.05) is 34.5 Å². The molecule has 0 amide bonds. The molecule has 2 radical (unpaired) electrons. The molecule has 0 saturated carbocycles. The molecule has 0 fully saturated rings. The maximum Gasteiger partial charge on any atom is 0.192 e. The topological polar surface area (TPSA) is 6.48 Å². The standard InChI is InChI=1S/C68H76B2N2/c1-46(53-24-16-12-17-25-53)32-34-48(3)61-37-38-63(69-61)50(5)42-59-52(7)71(57-28-20-14-21-29-57)45-56(68(59,10)11)44-66-51(6)67(8,9)60-43-55(36-41-65(60)72(66)58-30-22-15-23-31-58)47(2)33-35-49(4)62-39-40-64(70-62)54-26-18-13-19-27-54/h12-28,30-33,35-37,39-41,43-44,48,50,57,63H,29,34,38,42,45H2,1-11H3/b46-32+,47-33+,49-35+,56-44+/t48?,50?,57-,63+/m0/s1. The zero-order chi connectivity index (χ0) is 50.7. The van der Waals surface area contributed by atoms with Crippen molar-refractivity contribution in [2.24, 2.45) is 17.3 Å². The highest BCUT2D eigenvalue weighted by molar-refractivity contribution is 6.70. The van der Waals surface area contributed by atoms with E-state index in [1.165, 1.54) is 89.3 Å². The minimum absolute atomic E-state index is 0.145. The minimum Gasteiger partial charge on any atom is -0.364 e. The zero-order valence-corrected chi connectivity index (χ0v) is 45.1. The third-order valence-corrected chi connectivity index (χ3v) is 17.1. The summed E-state index contributed by atoms with van der Waals surface area (Å²) in [5.74, 6) is 1.54. The summed E-state index contributed by atoms with van der Waals surface area (Å²) in [6, 6.07) is 40.1. The van der Waals surface area contributed by atoms with Crippen molar-refractivity contribution in [1.29, 1.82) is 0 Å². The van der Waals surface area contributed by atoms with Gasteiger partial charge in [-0.1, -0.05) is 210 Å². The maximum absolute atomic E-state index is 2.73. The number of hydrogen-bond acceptors (Lipinski definition) is 2. The summed E-state index contributed by atoms with van der Waals surface area (Å²) >= 11 is 0. The van der Waals surface area contributed by atoms with E-state index in [0.29, 0.717) is 23.7 Å². The first kappa shape index (κ1) is 50.7. The molecule has 0 saturated heterocycles. The fourth-order valence-electron chi connectivity index (χ4n) is 11.7. The average molecular weight is 943 g/mol. The van der Waals surface area contributed by atoms with Gasteiger partial charge in [-0.05, 0) is 153 Å². The van der Waals surface area contributed by atoms with E-state index in [1.54, 1.807) is 5.57 Å². The van der Waals surface area contributed by atoms with Crippen LogP contribution in [-0.2, 0) is 5.41 Å². The first-order chi connectivity index (χ1) is 34.6. The zero-order valence-electron chi connectivity index (χ0n) is 45.1. The Morgan fingerprint density at radius 2 is 1.44 bits per heavy atom. The van der Waals surface area contributed by atoms with Crippen LogP contribution in [0.5, 0.6) is 0 Å². The van der Waals surface area contributed by atoms with Crippen LogP contribution in [0.15, 0.2) is 221 Å². The van der Waals surface area contributed by atoms with Crippen LogP contribution < -0.4 is 4.90 Å². The predicted octanol–water partition coefficient (Wildman–Crippen LogP) is 17.7. The van der Waals surface area contributed by atoms with Gasteiger partial charge in [0.25, 0.3) is 0 Å². The van der Waals surface area contributed by atoms with Gasteiger partial charge in [0.05, 0.1) is 11.7 Å². The van der Waals surface area contributed by atoms with Crippen molar-refractivity contribution in [3.63, 3.8) is 0 Å². The number of hydrogen-bond donors (Lipinski definition) is 0. The highest BCUT2D eigenvalue weighted by atomic mass is 15.2. The van der Waals surface area contributed by atoms with Gasteiger partial charge in [0.2, 0.25) is 0 Å². The molecule has 5 aliphatic rings. The van der Waals surface area contributed by atoms with E-state index in [-0.39, 0.29) is 10.8 Å². The summed E-state index contributed by atoms with van der Waals surface area (Å²) in [4.78, 5) is 5.29. The molecule has 0 bridgehead atoms. The lowest BCUT2D eigenvalue weighted by Gasteiger charge is -2.48. The number of nitrogens with zero attached hydrogens (tertiary/aromatic N) is 2. The second-order valence-electron chi connectivity index (χ2n) is 22.4. The van der Waals surface area contributed by atoms with Crippen molar-refractivity contribution >= 4 is 42.6 Å². The molecule has 4 aromatic rings. The molecule has 9 rings (SSSR count). The Bertz CT molecular complexity index is 3020. The van der Waals surface area contributed by atoms with E-state index < -0.39 is 0 Å². The Morgan fingerprint density at radius 3 is 2.15 bits per heavy atom. The van der Waals surface area contributed by atoms with E-state index in [9.17, 15) is 0 Å². The van der Waals surface area contributed by atoms with E-state index in [2.05, 4.69) is 277 Å². The van der Waals surface area contributed by atoms with Gasteiger partial charge in [0.15, 0.2) is 7.28 Å². The van der Waals surface area contributed by atoms with Gasteiger partial charge < -0.3 is 9.80 Å². The van der Waals surface area contributed by atoms with Gasteiger partial charge in [-0.3, -0.25) is 0 Å². The molecule has 4 atom stereocenters. The Morgan fingerprint density at radius 1 is 0.750 bits per heavy atom. The van der Waals surface area contributed by atoms with Crippen LogP contribution in [0.2, 0.25) is 5.82 Å². The van der Waals surface area contributed by atoms with Gasteiger partial charge in [-0.25, -0.2) is 0 Å². The third kappa shape index (κ3) is 10.5. The normalized spacial score (nSPS) is 22.3. The van der Waals surface area contributed by atoms with Crippen LogP contribution in [0.1, 0.15) is 124 Å². The maximum atomic E-state index is 2.73. The van der Waals surface area contributed by atoms with Crippen molar-refractivity contribution in [3.8, 4) is 0 Å². The number of fused-ring (bicyclic) bond motifs is 1. The second-order valence-corrected chi connectivity index (χ2v) is 22.4. The smallest absolute Gasteiger partial charge is 0.192 e. The lowest BCUT2D eigenvalue weighted by molar-refractivity contribution is 0.254. The molecule has 364 valence electrons. The van der Waals surface area contributed by atoms with Crippen molar-refractivity contribution in [2.45, 2.75) is 119 Å². The van der Waals surface area contributed by atoms with Crippen LogP contribution >= 0.6 is 0 Å². The van der Waals surface area contributed by atoms with Gasteiger partial charge in [-0.15, -0.1) is 5.47 Å². The summed E-state index contributed by atoms with van der Waals surface area (Å²) in [7, 11) is 4.94. The van der Waals surface area contributed by atoms with Crippen LogP contribution in [0.4, 0.5) is 11.4 Å². The van der Waals surface area contributed by atoms with Crippen molar-refractivity contribution < 1.29 is 0 Å².